The van der Waals surface area contributed by atoms with E-state index in [1.54, 1.807) is 0 Å². The molecule has 0 aromatic rings. The molecule has 5 nitrogen and oxygen atoms in total. The molecule has 0 radical (unpaired) electrons. The summed E-state index contributed by atoms with van der Waals surface area (Å²) in [5, 5.41) is 3.03. The minimum Gasteiger partial charge on any atom is -0.469 e. The van der Waals surface area contributed by atoms with Crippen LogP contribution < -0.4 is 11.1 Å². The smallest absolute Gasteiger partial charge is 0.305 e. The Morgan fingerprint density at radius 2 is 1.69 bits per heavy atom. The zero-order chi connectivity index (χ0) is 19.5. The number of ether oxygens (including phenoxy) is 1. The lowest BCUT2D eigenvalue weighted by molar-refractivity contribution is -0.140. The third kappa shape index (κ3) is 16.1. The van der Waals surface area contributed by atoms with Crippen LogP contribution in [0.5, 0.6) is 0 Å². The van der Waals surface area contributed by atoms with Crippen LogP contribution in [0, 0.1) is 0 Å². The summed E-state index contributed by atoms with van der Waals surface area (Å²) in [6.45, 7) is 2.26. The van der Waals surface area contributed by atoms with Crippen LogP contribution in [-0.2, 0) is 14.3 Å². The number of hydrogen-bond donors (Lipinski definition) is 2. The lowest BCUT2D eigenvalue weighted by Gasteiger charge is -2.16. The van der Waals surface area contributed by atoms with Crippen LogP contribution in [0.4, 0.5) is 0 Å². The molecule has 26 heavy (non-hydrogen) atoms. The summed E-state index contributed by atoms with van der Waals surface area (Å²) in [6, 6.07) is 0.206. The predicted molar refractivity (Wildman–Crippen MR) is 108 cm³/mol. The Morgan fingerprint density at radius 1 is 1.00 bits per heavy atom. The van der Waals surface area contributed by atoms with Gasteiger partial charge >= 0.3 is 5.97 Å². The summed E-state index contributed by atoms with van der Waals surface area (Å²) < 4.78 is 4.63. The normalized spacial score (nSPS) is 12.3. The van der Waals surface area contributed by atoms with Crippen molar-refractivity contribution in [3.8, 4) is 0 Å². The molecule has 0 spiro atoms. The summed E-state index contributed by atoms with van der Waals surface area (Å²) in [4.78, 5) is 22.5. The van der Waals surface area contributed by atoms with Crippen molar-refractivity contribution in [2.45, 2.75) is 96.4 Å². The van der Waals surface area contributed by atoms with Crippen LogP contribution in [0.15, 0.2) is 12.2 Å². The fourth-order valence-corrected chi connectivity index (χ4v) is 2.90. The predicted octanol–water partition coefficient (Wildman–Crippen LogP) is 4.25. The monoisotopic (exact) mass is 368 g/mol. The number of nitrogens with one attached hydrogen (secondary N) is 1. The van der Waals surface area contributed by atoms with Gasteiger partial charge < -0.3 is 15.8 Å². The Bertz CT molecular complexity index is 383. The number of esters is 1. The second-order valence-corrected chi connectivity index (χ2v) is 6.91. The molecule has 0 saturated carbocycles. The Morgan fingerprint density at radius 3 is 2.38 bits per heavy atom. The molecule has 0 rings (SSSR count). The molecular weight excluding hydrogens is 328 g/mol. The Hall–Kier alpha value is -1.36. The van der Waals surface area contributed by atoms with E-state index in [4.69, 9.17) is 5.73 Å². The molecule has 1 atom stereocenters. The maximum Gasteiger partial charge on any atom is 0.305 e. The van der Waals surface area contributed by atoms with Crippen molar-refractivity contribution in [1.82, 2.24) is 5.32 Å². The van der Waals surface area contributed by atoms with Crippen molar-refractivity contribution in [1.29, 1.82) is 0 Å². The molecule has 152 valence electrons. The van der Waals surface area contributed by atoms with Crippen molar-refractivity contribution >= 4 is 11.9 Å². The lowest BCUT2D eigenvalue weighted by Crippen LogP contribution is -2.38. The summed E-state index contributed by atoms with van der Waals surface area (Å²) in [5.41, 5.74) is 5.41. The minimum atomic E-state index is -0.112. The average molecular weight is 369 g/mol. The molecular formula is C21H40N2O3. The van der Waals surface area contributed by atoms with E-state index in [1.165, 1.54) is 39.2 Å². The molecule has 0 aliphatic carbocycles. The van der Waals surface area contributed by atoms with E-state index in [-0.39, 0.29) is 24.5 Å². The minimum absolute atomic E-state index is 0.0607. The van der Waals surface area contributed by atoms with Crippen LogP contribution in [0.2, 0.25) is 0 Å². The highest BCUT2D eigenvalue weighted by Crippen LogP contribution is 2.11. The number of carbonyl (C=O) groups is 2. The molecule has 1 amide bonds. The van der Waals surface area contributed by atoms with Crippen LogP contribution >= 0.6 is 0 Å². The van der Waals surface area contributed by atoms with Gasteiger partial charge in [0.1, 0.15) is 0 Å². The molecule has 0 aliphatic rings. The molecule has 0 aliphatic heterocycles. The number of nitrogens with two attached hydrogens (primary N) is 1. The number of rotatable bonds is 17. The molecule has 0 fully saturated rings. The molecule has 0 aromatic carbocycles. The standard InChI is InChI=1S/C21H40N2O3/c1-3-4-5-12-15-19(23-20(24)18-22)16-13-10-8-6-7-9-11-14-17-21(25)26-2/h10,13,19H,3-9,11-12,14-18,22H2,1-2H3,(H,23,24)/b13-10-. The first kappa shape index (κ1) is 24.6. The van der Waals surface area contributed by atoms with Gasteiger partial charge in [-0.15, -0.1) is 0 Å². The van der Waals surface area contributed by atoms with Crippen LogP contribution in [0.1, 0.15) is 90.4 Å². The molecule has 5 heteroatoms. The molecule has 0 heterocycles. The zero-order valence-corrected chi connectivity index (χ0v) is 16.9. The van der Waals surface area contributed by atoms with Crippen LogP contribution in [0.25, 0.3) is 0 Å². The van der Waals surface area contributed by atoms with Crippen molar-refractivity contribution in [2.75, 3.05) is 13.7 Å². The largest absolute Gasteiger partial charge is 0.469 e. The quantitative estimate of drug-likeness (QED) is 0.228. The van der Waals surface area contributed by atoms with E-state index in [9.17, 15) is 9.59 Å². The fourth-order valence-electron chi connectivity index (χ4n) is 2.90. The Balaban J connectivity index is 3.78. The van der Waals surface area contributed by atoms with E-state index in [0.29, 0.717) is 6.42 Å². The number of carbonyl (C=O) groups excluding carboxylic acids is 2. The van der Waals surface area contributed by atoms with E-state index in [0.717, 1.165) is 44.9 Å². The van der Waals surface area contributed by atoms with Crippen molar-refractivity contribution in [2.24, 2.45) is 5.73 Å². The zero-order valence-electron chi connectivity index (χ0n) is 16.9. The first-order chi connectivity index (χ1) is 12.6. The van der Waals surface area contributed by atoms with E-state index in [1.807, 2.05) is 0 Å². The molecule has 0 bridgehead atoms. The highest BCUT2D eigenvalue weighted by Gasteiger charge is 2.09. The maximum atomic E-state index is 11.5. The second kappa shape index (κ2) is 18.4. The van der Waals surface area contributed by atoms with Gasteiger partial charge in [-0.1, -0.05) is 64.0 Å². The van der Waals surface area contributed by atoms with Gasteiger partial charge in [0, 0.05) is 12.5 Å². The SMILES string of the molecule is CCCCCCC(C/C=C\CCCCCCCC(=O)OC)NC(=O)CN. The highest BCUT2D eigenvalue weighted by atomic mass is 16.5. The summed E-state index contributed by atoms with van der Waals surface area (Å²) in [5.74, 6) is -0.176. The third-order valence-electron chi connectivity index (χ3n) is 4.52. The van der Waals surface area contributed by atoms with Crippen LogP contribution in [-0.4, -0.2) is 31.6 Å². The van der Waals surface area contributed by atoms with Gasteiger partial charge in [-0.3, -0.25) is 9.59 Å². The topological polar surface area (TPSA) is 81.4 Å². The van der Waals surface area contributed by atoms with E-state index >= 15 is 0 Å². The number of hydrogen-bond acceptors (Lipinski definition) is 4. The van der Waals surface area contributed by atoms with Crippen molar-refractivity contribution in [3.63, 3.8) is 0 Å². The number of unbranched alkanes of at least 4 members (excludes halogenated alkanes) is 8. The lowest BCUT2D eigenvalue weighted by atomic mass is 10.0. The average Bonchev–Trinajstić information content (AvgIpc) is 2.65. The summed E-state index contributed by atoms with van der Waals surface area (Å²) >= 11 is 0. The molecule has 0 aromatic heterocycles. The summed E-state index contributed by atoms with van der Waals surface area (Å²) in [7, 11) is 1.44. The Kier molecular flexibility index (Phi) is 17.5. The maximum absolute atomic E-state index is 11.5. The summed E-state index contributed by atoms with van der Waals surface area (Å²) in [6.07, 6.45) is 18.3. The first-order valence-electron chi connectivity index (χ1n) is 10.3. The number of methoxy groups -OCH3 is 1. The van der Waals surface area contributed by atoms with Gasteiger partial charge in [-0.2, -0.15) is 0 Å². The molecule has 3 N–H and O–H groups in total. The molecule has 1 unspecified atom stereocenters. The second-order valence-electron chi connectivity index (χ2n) is 6.91. The third-order valence-corrected chi connectivity index (χ3v) is 4.52. The van der Waals surface area contributed by atoms with Gasteiger partial charge in [0.05, 0.1) is 13.7 Å². The number of allylic oxidation sites excluding steroid dienone is 1. The van der Waals surface area contributed by atoms with E-state index < -0.39 is 0 Å². The fraction of sp³-hybridized carbons (Fsp3) is 0.810. The van der Waals surface area contributed by atoms with Crippen molar-refractivity contribution < 1.29 is 14.3 Å². The van der Waals surface area contributed by atoms with Gasteiger partial charge in [0.25, 0.3) is 0 Å². The van der Waals surface area contributed by atoms with Gasteiger partial charge in [0.15, 0.2) is 0 Å². The van der Waals surface area contributed by atoms with Crippen LogP contribution in [0.3, 0.4) is 0 Å². The highest BCUT2D eigenvalue weighted by molar-refractivity contribution is 5.78. The van der Waals surface area contributed by atoms with E-state index in [2.05, 4.69) is 29.1 Å². The molecule has 0 saturated heterocycles. The van der Waals surface area contributed by atoms with Crippen molar-refractivity contribution in [3.05, 3.63) is 12.2 Å². The van der Waals surface area contributed by atoms with Gasteiger partial charge in [0.2, 0.25) is 5.91 Å². The van der Waals surface area contributed by atoms with Gasteiger partial charge in [-0.25, -0.2) is 0 Å². The Labute approximate surface area is 160 Å². The number of amides is 1. The van der Waals surface area contributed by atoms with Gasteiger partial charge in [-0.05, 0) is 32.1 Å². The first-order valence-corrected chi connectivity index (χ1v) is 10.3.